The summed E-state index contributed by atoms with van der Waals surface area (Å²) in [6.07, 6.45) is 0.580. The van der Waals surface area contributed by atoms with Crippen LogP contribution in [0.5, 0.6) is 0 Å². The maximum absolute atomic E-state index is 11.6. The second-order valence-electron chi connectivity index (χ2n) is 3.39. The van der Waals surface area contributed by atoms with Gasteiger partial charge in [0.15, 0.2) is 0 Å². The number of nitrogens with one attached hydrogen (secondary N) is 1. The highest BCUT2D eigenvalue weighted by molar-refractivity contribution is 8.13. The third kappa shape index (κ3) is 4.40. The SMILES string of the molecule is CC#CCCNC(=O)c1ccc(S(=O)(=O)Cl)cc1. The van der Waals surface area contributed by atoms with Crippen LogP contribution in [-0.4, -0.2) is 20.9 Å². The summed E-state index contributed by atoms with van der Waals surface area (Å²) in [6.45, 7) is 2.18. The first-order valence-corrected chi connectivity index (χ1v) is 7.48. The summed E-state index contributed by atoms with van der Waals surface area (Å²) >= 11 is 0. The number of amides is 1. The van der Waals surface area contributed by atoms with Crippen molar-refractivity contribution in [2.24, 2.45) is 0 Å². The Balaban J connectivity index is 2.67. The van der Waals surface area contributed by atoms with Gasteiger partial charge in [0.25, 0.3) is 15.0 Å². The van der Waals surface area contributed by atoms with Gasteiger partial charge in [-0.1, -0.05) is 0 Å². The second kappa shape index (κ2) is 6.43. The van der Waals surface area contributed by atoms with E-state index in [4.69, 9.17) is 10.7 Å². The largest absolute Gasteiger partial charge is 0.351 e. The molecular weight excluding hydrogens is 274 g/mol. The fraction of sp³-hybridized carbons (Fsp3) is 0.250. The first-order valence-electron chi connectivity index (χ1n) is 5.17. The van der Waals surface area contributed by atoms with Crippen LogP contribution in [0.1, 0.15) is 23.7 Å². The van der Waals surface area contributed by atoms with E-state index in [1.54, 1.807) is 6.92 Å². The molecule has 0 aliphatic carbocycles. The van der Waals surface area contributed by atoms with Crippen LogP contribution in [0, 0.1) is 11.8 Å². The Bertz CT molecular complexity index is 582. The highest BCUT2D eigenvalue weighted by atomic mass is 35.7. The maximum Gasteiger partial charge on any atom is 0.261 e. The summed E-state index contributed by atoms with van der Waals surface area (Å²) in [4.78, 5) is 11.6. The first-order chi connectivity index (χ1) is 8.45. The van der Waals surface area contributed by atoms with E-state index >= 15 is 0 Å². The average Bonchev–Trinajstić information content (AvgIpc) is 2.33. The predicted molar refractivity (Wildman–Crippen MR) is 69.9 cm³/mol. The van der Waals surface area contributed by atoms with Crippen LogP contribution in [0.15, 0.2) is 29.2 Å². The molecule has 0 bridgehead atoms. The van der Waals surface area contributed by atoms with E-state index in [-0.39, 0.29) is 10.8 Å². The van der Waals surface area contributed by atoms with Crippen LogP contribution in [0.2, 0.25) is 0 Å². The average molecular weight is 286 g/mol. The molecule has 18 heavy (non-hydrogen) atoms. The van der Waals surface area contributed by atoms with Crippen molar-refractivity contribution in [1.82, 2.24) is 5.32 Å². The Morgan fingerprint density at radius 3 is 2.44 bits per heavy atom. The monoisotopic (exact) mass is 285 g/mol. The molecule has 0 atom stereocenters. The fourth-order valence-corrected chi connectivity index (χ4v) is 2.00. The Hall–Kier alpha value is -1.51. The minimum absolute atomic E-state index is 0.0300. The zero-order valence-electron chi connectivity index (χ0n) is 9.73. The van der Waals surface area contributed by atoms with Crippen molar-refractivity contribution >= 4 is 25.6 Å². The first kappa shape index (κ1) is 14.6. The predicted octanol–water partition coefficient (Wildman–Crippen LogP) is 1.76. The van der Waals surface area contributed by atoms with Gasteiger partial charge in [-0.05, 0) is 31.2 Å². The van der Waals surface area contributed by atoms with Crippen LogP contribution in [0.3, 0.4) is 0 Å². The highest BCUT2D eigenvalue weighted by Gasteiger charge is 2.11. The van der Waals surface area contributed by atoms with Crippen molar-refractivity contribution in [3.63, 3.8) is 0 Å². The number of carbonyl (C=O) groups is 1. The molecule has 0 aliphatic heterocycles. The summed E-state index contributed by atoms with van der Waals surface area (Å²) in [5.41, 5.74) is 0.378. The maximum atomic E-state index is 11.6. The molecule has 0 aliphatic rings. The van der Waals surface area contributed by atoms with Crippen molar-refractivity contribution in [2.75, 3.05) is 6.54 Å². The van der Waals surface area contributed by atoms with Crippen molar-refractivity contribution in [2.45, 2.75) is 18.2 Å². The molecule has 96 valence electrons. The van der Waals surface area contributed by atoms with Gasteiger partial charge in [0.05, 0.1) is 4.90 Å². The third-order valence-corrected chi connectivity index (χ3v) is 3.48. The lowest BCUT2D eigenvalue weighted by Gasteiger charge is -2.03. The number of hydrogen-bond donors (Lipinski definition) is 1. The van der Waals surface area contributed by atoms with Crippen LogP contribution in [0.25, 0.3) is 0 Å². The van der Waals surface area contributed by atoms with Gasteiger partial charge in [-0.15, -0.1) is 11.8 Å². The summed E-state index contributed by atoms with van der Waals surface area (Å²) in [7, 11) is 1.42. The van der Waals surface area contributed by atoms with Crippen LogP contribution in [-0.2, 0) is 9.05 Å². The number of halogens is 1. The zero-order chi connectivity index (χ0) is 13.6. The van der Waals surface area contributed by atoms with E-state index < -0.39 is 9.05 Å². The van der Waals surface area contributed by atoms with Gasteiger partial charge in [-0.25, -0.2) is 8.42 Å². The van der Waals surface area contributed by atoms with Gasteiger partial charge in [0.1, 0.15) is 0 Å². The second-order valence-corrected chi connectivity index (χ2v) is 5.96. The molecule has 0 aromatic heterocycles. The van der Waals surface area contributed by atoms with E-state index in [0.29, 0.717) is 18.5 Å². The molecule has 4 nitrogen and oxygen atoms in total. The molecule has 0 unspecified atom stereocenters. The summed E-state index contributed by atoms with van der Waals surface area (Å²) in [6, 6.07) is 5.42. The number of carbonyl (C=O) groups excluding carboxylic acids is 1. The third-order valence-electron chi connectivity index (χ3n) is 2.11. The van der Waals surface area contributed by atoms with Crippen LogP contribution < -0.4 is 5.32 Å². The topological polar surface area (TPSA) is 63.2 Å². The number of hydrogen-bond acceptors (Lipinski definition) is 3. The molecule has 1 N–H and O–H groups in total. The molecule has 0 saturated heterocycles. The van der Waals surface area contributed by atoms with Crippen molar-refractivity contribution in [1.29, 1.82) is 0 Å². The van der Waals surface area contributed by atoms with Crippen molar-refractivity contribution in [3.8, 4) is 11.8 Å². The van der Waals surface area contributed by atoms with Gasteiger partial charge >= 0.3 is 0 Å². The van der Waals surface area contributed by atoms with E-state index in [9.17, 15) is 13.2 Å². The quantitative estimate of drug-likeness (QED) is 0.521. The van der Waals surface area contributed by atoms with Gasteiger partial charge < -0.3 is 5.32 Å². The Kier molecular flexibility index (Phi) is 5.20. The minimum atomic E-state index is -3.75. The van der Waals surface area contributed by atoms with E-state index in [0.717, 1.165) is 0 Å². The zero-order valence-corrected chi connectivity index (χ0v) is 11.3. The number of benzene rings is 1. The Morgan fingerprint density at radius 2 is 1.94 bits per heavy atom. The standard InChI is InChI=1S/C12H12ClNO3S/c1-2-3-4-9-14-12(15)10-5-7-11(8-6-10)18(13,16)17/h5-8H,4,9H2,1H3,(H,14,15). The molecule has 0 heterocycles. The smallest absolute Gasteiger partial charge is 0.261 e. The van der Waals surface area contributed by atoms with Gasteiger partial charge in [-0.2, -0.15) is 0 Å². The summed E-state index contributed by atoms with van der Waals surface area (Å²) in [5, 5.41) is 2.67. The molecule has 6 heteroatoms. The van der Waals surface area contributed by atoms with Crippen LogP contribution >= 0.6 is 10.7 Å². The molecule has 0 fully saturated rings. The van der Waals surface area contributed by atoms with Gasteiger partial charge in [0.2, 0.25) is 0 Å². The lowest BCUT2D eigenvalue weighted by atomic mass is 10.2. The molecule has 0 radical (unpaired) electrons. The molecule has 1 rings (SSSR count). The molecule has 1 aromatic rings. The van der Waals surface area contributed by atoms with Crippen LogP contribution in [0.4, 0.5) is 0 Å². The molecule has 1 amide bonds. The lowest BCUT2D eigenvalue weighted by molar-refractivity contribution is 0.0954. The van der Waals surface area contributed by atoms with Crippen molar-refractivity contribution < 1.29 is 13.2 Å². The molecule has 0 spiro atoms. The Morgan fingerprint density at radius 1 is 1.33 bits per heavy atom. The lowest BCUT2D eigenvalue weighted by Crippen LogP contribution is -2.24. The normalized spacial score (nSPS) is 10.3. The van der Waals surface area contributed by atoms with Gasteiger partial charge in [0, 0.05) is 29.2 Å². The van der Waals surface area contributed by atoms with E-state index in [1.807, 2.05) is 0 Å². The number of rotatable bonds is 4. The molecular formula is C12H12ClNO3S. The Labute approximate surface area is 111 Å². The fourth-order valence-electron chi connectivity index (χ4n) is 1.23. The highest BCUT2D eigenvalue weighted by Crippen LogP contribution is 2.15. The van der Waals surface area contributed by atoms with Gasteiger partial charge in [-0.3, -0.25) is 4.79 Å². The van der Waals surface area contributed by atoms with E-state index in [2.05, 4.69) is 17.2 Å². The summed E-state index contributed by atoms with van der Waals surface area (Å²) in [5.74, 6) is 5.27. The summed E-state index contributed by atoms with van der Waals surface area (Å²) < 4.78 is 22.0. The molecule has 1 aromatic carbocycles. The molecule has 0 saturated carbocycles. The van der Waals surface area contributed by atoms with Crippen molar-refractivity contribution in [3.05, 3.63) is 29.8 Å². The van der Waals surface area contributed by atoms with E-state index in [1.165, 1.54) is 24.3 Å². The minimum Gasteiger partial charge on any atom is -0.351 e.